The number of aromatic nitrogens is 1. The first kappa shape index (κ1) is 16.0. The van der Waals surface area contributed by atoms with Gasteiger partial charge in [-0.15, -0.1) is 11.3 Å². The van der Waals surface area contributed by atoms with Gasteiger partial charge in [0.2, 0.25) is 0 Å². The van der Waals surface area contributed by atoms with Gasteiger partial charge in [-0.05, 0) is 25.5 Å². The molecular formula is C15H20N2O2S2. The molecule has 4 nitrogen and oxygen atoms in total. The van der Waals surface area contributed by atoms with E-state index in [-0.39, 0.29) is 5.75 Å². The van der Waals surface area contributed by atoms with Crippen LogP contribution in [-0.2, 0) is 16.3 Å². The van der Waals surface area contributed by atoms with Gasteiger partial charge in [-0.1, -0.05) is 19.1 Å². The van der Waals surface area contributed by atoms with E-state index in [4.69, 9.17) is 0 Å². The average molecular weight is 324 g/mol. The minimum absolute atomic E-state index is 0.178. The number of sulfone groups is 1. The number of benzene rings is 1. The van der Waals surface area contributed by atoms with Crippen LogP contribution in [-0.4, -0.2) is 25.7 Å². The maximum Gasteiger partial charge on any atom is 0.180 e. The number of para-hydroxylation sites is 1. The molecule has 0 atom stereocenters. The molecule has 6 heteroatoms. The Balaban J connectivity index is 2.06. The number of nitrogens with zero attached hydrogens (tertiary/aromatic N) is 1. The van der Waals surface area contributed by atoms with Crippen LogP contribution in [0.3, 0.4) is 0 Å². The number of thiazole rings is 1. The van der Waals surface area contributed by atoms with Crippen LogP contribution in [0.5, 0.6) is 0 Å². The predicted octanol–water partition coefficient (Wildman–Crippen LogP) is 3.29. The number of hydrogen-bond donors (Lipinski definition) is 1. The Kier molecular flexibility index (Phi) is 5.36. The quantitative estimate of drug-likeness (QED) is 0.849. The third-order valence-corrected chi connectivity index (χ3v) is 6.01. The van der Waals surface area contributed by atoms with Gasteiger partial charge in [0.1, 0.15) is 0 Å². The van der Waals surface area contributed by atoms with E-state index in [0.29, 0.717) is 23.5 Å². The van der Waals surface area contributed by atoms with Crippen LogP contribution in [0.1, 0.15) is 24.0 Å². The maximum atomic E-state index is 12.2. The van der Waals surface area contributed by atoms with Gasteiger partial charge < -0.3 is 5.32 Å². The minimum Gasteiger partial charge on any atom is -0.384 e. The Bertz CT molecular complexity index is 693. The first-order chi connectivity index (χ1) is 10.0. The van der Waals surface area contributed by atoms with Gasteiger partial charge in [0, 0.05) is 24.0 Å². The lowest BCUT2D eigenvalue weighted by Crippen LogP contribution is -2.12. The topological polar surface area (TPSA) is 59.1 Å². The van der Waals surface area contributed by atoms with Crippen molar-refractivity contribution in [2.45, 2.75) is 31.6 Å². The van der Waals surface area contributed by atoms with Gasteiger partial charge in [-0.2, -0.15) is 0 Å². The standard InChI is InChI=1S/C15H20N2O2S2/c1-3-10-21(18,19)14-7-5-4-6-13(14)16-9-8-15-17-12(2)11-20-15/h4-7,11,16H,3,8-10H2,1-2H3. The molecule has 2 rings (SSSR count). The molecule has 1 N–H and O–H groups in total. The zero-order chi connectivity index (χ0) is 15.3. The number of aryl methyl sites for hydroxylation is 1. The lowest BCUT2D eigenvalue weighted by molar-refractivity contribution is 0.595. The third kappa shape index (κ3) is 4.28. The van der Waals surface area contributed by atoms with E-state index in [0.717, 1.165) is 17.1 Å². The van der Waals surface area contributed by atoms with Crippen LogP contribution in [0.15, 0.2) is 34.5 Å². The molecule has 0 radical (unpaired) electrons. The molecular weight excluding hydrogens is 304 g/mol. The Morgan fingerprint density at radius 2 is 2.05 bits per heavy atom. The molecule has 0 aliphatic carbocycles. The summed E-state index contributed by atoms with van der Waals surface area (Å²) in [7, 11) is -3.21. The second-order valence-corrected chi connectivity index (χ2v) is 7.89. The van der Waals surface area contributed by atoms with Gasteiger partial charge >= 0.3 is 0 Å². The summed E-state index contributed by atoms with van der Waals surface area (Å²) in [6.45, 7) is 4.52. The molecule has 1 heterocycles. The highest BCUT2D eigenvalue weighted by atomic mass is 32.2. The molecule has 1 aromatic carbocycles. The zero-order valence-electron chi connectivity index (χ0n) is 12.3. The van der Waals surface area contributed by atoms with E-state index >= 15 is 0 Å². The molecule has 0 bridgehead atoms. The Hall–Kier alpha value is -1.40. The number of anilines is 1. The van der Waals surface area contributed by atoms with Crippen molar-refractivity contribution >= 4 is 26.9 Å². The molecule has 0 spiro atoms. The summed E-state index contributed by atoms with van der Waals surface area (Å²) in [6, 6.07) is 7.09. The third-order valence-electron chi connectivity index (χ3n) is 3.02. The summed E-state index contributed by atoms with van der Waals surface area (Å²) < 4.78 is 24.5. The first-order valence-electron chi connectivity index (χ1n) is 6.99. The normalized spacial score (nSPS) is 11.5. The van der Waals surface area contributed by atoms with E-state index in [1.54, 1.807) is 23.5 Å². The van der Waals surface area contributed by atoms with Crippen LogP contribution in [0.4, 0.5) is 5.69 Å². The van der Waals surface area contributed by atoms with Crippen LogP contribution in [0, 0.1) is 6.92 Å². The van der Waals surface area contributed by atoms with Crippen molar-refractivity contribution in [2.24, 2.45) is 0 Å². The van der Waals surface area contributed by atoms with Crippen molar-refractivity contribution in [2.75, 3.05) is 17.6 Å². The zero-order valence-corrected chi connectivity index (χ0v) is 13.9. The van der Waals surface area contributed by atoms with E-state index in [1.165, 1.54) is 0 Å². The molecule has 0 fully saturated rings. The summed E-state index contributed by atoms with van der Waals surface area (Å²) >= 11 is 1.63. The Morgan fingerprint density at radius 1 is 1.29 bits per heavy atom. The minimum atomic E-state index is -3.21. The molecule has 0 unspecified atom stereocenters. The molecule has 0 aliphatic rings. The highest BCUT2D eigenvalue weighted by Crippen LogP contribution is 2.22. The van der Waals surface area contributed by atoms with E-state index < -0.39 is 9.84 Å². The van der Waals surface area contributed by atoms with Crippen LogP contribution in [0.25, 0.3) is 0 Å². The maximum absolute atomic E-state index is 12.2. The van der Waals surface area contributed by atoms with Crippen molar-refractivity contribution in [3.05, 3.63) is 40.3 Å². The van der Waals surface area contributed by atoms with Gasteiger partial charge in [-0.25, -0.2) is 13.4 Å². The largest absolute Gasteiger partial charge is 0.384 e. The van der Waals surface area contributed by atoms with Crippen molar-refractivity contribution in [3.63, 3.8) is 0 Å². The lowest BCUT2D eigenvalue weighted by Gasteiger charge is -2.11. The number of hydrogen-bond acceptors (Lipinski definition) is 5. The summed E-state index contributed by atoms with van der Waals surface area (Å²) in [5.74, 6) is 0.178. The molecule has 1 aromatic heterocycles. The fourth-order valence-corrected chi connectivity index (χ4v) is 4.38. The lowest BCUT2D eigenvalue weighted by atomic mass is 10.3. The molecule has 0 aliphatic heterocycles. The molecule has 0 saturated carbocycles. The van der Waals surface area contributed by atoms with Crippen LogP contribution in [0.2, 0.25) is 0 Å². The second-order valence-electron chi connectivity index (χ2n) is 4.87. The van der Waals surface area contributed by atoms with Crippen molar-refractivity contribution in [1.82, 2.24) is 4.98 Å². The van der Waals surface area contributed by atoms with Crippen LogP contribution < -0.4 is 5.32 Å². The van der Waals surface area contributed by atoms with E-state index in [9.17, 15) is 8.42 Å². The van der Waals surface area contributed by atoms with E-state index in [1.807, 2.05) is 31.4 Å². The fraction of sp³-hybridized carbons (Fsp3) is 0.400. The molecule has 0 saturated heterocycles. The summed E-state index contributed by atoms with van der Waals surface area (Å²) in [4.78, 5) is 4.79. The highest BCUT2D eigenvalue weighted by Gasteiger charge is 2.17. The van der Waals surface area contributed by atoms with Crippen molar-refractivity contribution in [1.29, 1.82) is 0 Å². The molecule has 114 valence electrons. The number of nitrogens with one attached hydrogen (secondary N) is 1. The summed E-state index contributed by atoms with van der Waals surface area (Å²) in [6.07, 6.45) is 1.41. The summed E-state index contributed by atoms with van der Waals surface area (Å²) in [5, 5.41) is 6.31. The average Bonchev–Trinajstić information content (AvgIpc) is 2.85. The highest BCUT2D eigenvalue weighted by molar-refractivity contribution is 7.91. The van der Waals surface area contributed by atoms with Gasteiger partial charge in [0.15, 0.2) is 9.84 Å². The monoisotopic (exact) mass is 324 g/mol. The predicted molar refractivity (Wildman–Crippen MR) is 87.8 cm³/mol. The molecule has 0 amide bonds. The number of rotatable bonds is 7. The SMILES string of the molecule is CCCS(=O)(=O)c1ccccc1NCCc1nc(C)cs1. The van der Waals surface area contributed by atoms with Gasteiger partial charge in [0.05, 0.1) is 21.3 Å². The second kappa shape index (κ2) is 7.04. The smallest absolute Gasteiger partial charge is 0.180 e. The van der Waals surface area contributed by atoms with E-state index in [2.05, 4.69) is 10.3 Å². The van der Waals surface area contributed by atoms with Gasteiger partial charge in [-0.3, -0.25) is 0 Å². The summed E-state index contributed by atoms with van der Waals surface area (Å²) in [5.41, 5.74) is 1.71. The van der Waals surface area contributed by atoms with Crippen LogP contribution >= 0.6 is 11.3 Å². The molecule has 2 aromatic rings. The van der Waals surface area contributed by atoms with Gasteiger partial charge in [0.25, 0.3) is 0 Å². The fourth-order valence-electron chi connectivity index (χ4n) is 2.08. The molecule has 21 heavy (non-hydrogen) atoms. The first-order valence-corrected chi connectivity index (χ1v) is 9.53. The van der Waals surface area contributed by atoms with Crippen molar-refractivity contribution < 1.29 is 8.42 Å². The van der Waals surface area contributed by atoms with Crippen molar-refractivity contribution in [3.8, 4) is 0 Å². The Morgan fingerprint density at radius 3 is 2.71 bits per heavy atom. The Labute approximate surface area is 130 Å².